The molecule has 0 bridgehead atoms. The van der Waals surface area contributed by atoms with E-state index in [-0.39, 0.29) is 17.7 Å². The van der Waals surface area contributed by atoms with E-state index in [9.17, 15) is 13.2 Å². The Hall–Kier alpha value is -4.61. The van der Waals surface area contributed by atoms with Gasteiger partial charge in [-0.25, -0.2) is 24.9 Å². The Labute approximate surface area is 239 Å². The number of fused-ring (bicyclic) bond motifs is 1. The van der Waals surface area contributed by atoms with Crippen molar-refractivity contribution >= 4 is 11.0 Å². The predicted molar refractivity (Wildman–Crippen MR) is 149 cm³/mol. The van der Waals surface area contributed by atoms with E-state index >= 15 is 0 Å². The van der Waals surface area contributed by atoms with Crippen LogP contribution in [0.5, 0.6) is 11.8 Å². The first-order valence-corrected chi connectivity index (χ1v) is 13.6. The Balaban J connectivity index is 1.34. The number of pyridine rings is 1. The molecule has 6 rings (SSSR count). The number of alkyl halides is 3. The van der Waals surface area contributed by atoms with Gasteiger partial charge < -0.3 is 14.0 Å². The molecule has 1 atom stereocenters. The number of aromatic nitrogens is 7. The van der Waals surface area contributed by atoms with Crippen LogP contribution in [0.25, 0.3) is 33.8 Å². The van der Waals surface area contributed by atoms with Crippen molar-refractivity contribution in [3.8, 4) is 34.5 Å². The lowest BCUT2D eigenvalue weighted by atomic mass is 10.1. The molecule has 5 aromatic rings. The summed E-state index contributed by atoms with van der Waals surface area (Å²) in [6.45, 7) is 5.49. The molecule has 4 aromatic heterocycles. The Morgan fingerprint density at radius 1 is 0.929 bits per heavy atom. The summed E-state index contributed by atoms with van der Waals surface area (Å²) in [6.07, 6.45) is 1.22. The molecule has 1 aliphatic rings. The summed E-state index contributed by atoms with van der Waals surface area (Å²) in [4.78, 5) is 26.7. The van der Waals surface area contributed by atoms with Crippen LogP contribution in [0.1, 0.15) is 68.6 Å². The molecule has 42 heavy (non-hydrogen) atoms. The van der Waals surface area contributed by atoms with E-state index in [1.54, 1.807) is 31.5 Å². The molecule has 12 heteroatoms. The number of benzene rings is 1. The summed E-state index contributed by atoms with van der Waals surface area (Å²) in [7, 11) is 1.55. The van der Waals surface area contributed by atoms with Crippen LogP contribution in [0.3, 0.4) is 0 Å². The van der Waals surface area contributed by atoms with Gasteiger partial charge in [-0.3, -0.25) is 0 Å². The molecule has 0 spiro atoms. The zero-order chi connectivity index (χ0) is 29.6. The number of methoxy groups -OCH3 is 1. The zero-order valence-electron chi connectivity index (χ0n) is 23.4. The first kappa shape index (κ1) is 27.6. The number of ether oxygens (including phenoxy) is 2. The molecular weight excluding hydrogens is 547 g/mol. The van der Waals surface area contributed by atoms with Gasteiger partial charge in [-0.15, -0.1) is 0 Å². The average molecular weight is 576 g/mol. The van der Waals surface area contributed by atoms with Crippen LogP contribution >= 0.6 is 0 Å². The second-order valence-corrected chi connectivity index (χ2v) is 10.5. The summed E-state index contributed by atoms with van der Waals surface area (Å²) in [5.41, 5.74) is 3.00. The van der Waals surface area contributed by atoms with Gasteiger partial charge in [-0.05, 0) is 51.3 Å². The van der Waals surface area contributed by atoms with Crippen LogP contribution in [-0.4, -0.2) is 41.6 Å². The smallest absolute Gasteiger partial charge is 0.434 e. The van der Waals surface area contributed by atoms with E-state index < -0.39 is 18.0 Å². The highest BCUT2D eigenvalue weighted by Gasteiger charge is 2.35. The van der Waals surface area contributed by atoms with Gasteiger partial charge >= 0.3 is 6.18 Å². The Morgan fingerprint density at radius 3 is 2.36 bits per heavy atom. The molecule has 1 unspecified atom stereocenters. The lowest BCUT2D eigenvalue weighted by Crippen LogP contribution is -2.08. The van der Waals surface area contributed by atoms with Crippen LogP contribution in [0, 0.1) is 0 Å². The molecule has 1 aromatic carbocycles. The molecule has 1 saturated carbocycles. The van der Waals surface area contributed by atoms with Gasteiger partial charge in [0.25, 0.3) is 0 Å². The zero-order valence-corrected chi connectivity index (χ0v) is 23.4. The first-order valence-electron chi connectivity index (χ1n) is 13.6. The number of halogens is 3. The number of hydrogen-bond donors (Lipinski definition) is 0. The molecule has 9 nitrogen and oxygen atoms in total. The van der Waals surface area contributed by atoms with Crippen molar-refractivity contribution in [1.29, 1.82) is 0 Å². The van der Waals surface area contributed by atoms with Crippen molar-refractivity contribution in [3.05, 3.63) is 72.1 Å². The molecular formula is C30H28F3N7O2. The summed E-state index contributed by atoms with van der Waals surface area (Å²) < 4.78 is 53.5. The third kappa shape index (κ3) is 5.24. The van der Waals surface area contributed by atoms with Crippen LogP contribution in [0.2, 0.25) is 0 Å². The Morgan fingerprint density at radius 2 is 1.69 bits per heavy atom. The van der Waals surface area contributed by atoms with E-state index in [1.807, 2.05) is 39.0 Å². The molecule has 0 radical (unpaired) electrons. The normalized spacial score (nSPS) is 14.4. The summed E-state index contributed by atoms with van der Waals surface area (Å²) >= 11 is 0. The highest BCUT2D eigenvalue weighted by atomic mass is 19.4. The van der Waals surface area contributed by atoms with E-state index in [2.05, 4.69) is 19.9 Å². The molecule has 0 amide bonds. The van der Waals surface area contributed by atoms with E-state index in [4.69, 9.17) is 19.4 Å². The predicted octanol–water partition coefficient (Wildman–Crippen LogP) is 6.97. The summed E-state index contributed by atoms with van der Waals surface area (Å²) in [6, 6.07) is 10.5. The van der Waals surface area contributed by atoms with Gasteiger partial charge in [0.15, 0.2) is 17.0 Å². The lowest BCUT2D eigenvalue weighted by molar-refractivity contribution is -0.140. The lowest BCUT2D eigenvalue weighted by Gasteiger charge is -2.17. The van der Waals surface area contributed by atoms with Crippen LogP contribution in [0.15, 0.2) is 55.1 Å². The van der Waals surface area contributed by atoms with Gasteiger partial charge in [-0.1, -0.05) is 24.3 Å². The molecule has 0 saturated heterocycles. The monoisotopic (exact) mass is 575 g/mol. The van der Waals surface area contributed by atoms with Crippen molar-refractivity contribution < 1.29 is 22.6 Å². The molecule has 1 fully saturated rings. The number of rotatable bonds is 8. The van der Waals surface area contributed by atoms with Gasteiger partial charge in [0.05, 0.1) is 18.3 Å². The molecule has 0 aliphatic heterocycles. The third-order valence-electron chi connectivity index (χ3n) is 7.15. The summed E-state index contributed by atoms with van der Waals surface area (Å²) in [5, 5.41) is 0. The first-order chi connectivity index (χ1) is 20.1. The maximum absolute atomic E-state index is 13.4. The number of imidazole rings is 1. The van der Waals surface area contributed by atoms with Crippen LogP contribution in [0.4, 0.5) is 13.2 Å². The van der Waals surface area contributed by atoms with E-state index in [1.165, 1.54) is 10.9 Å². The maximum atomic E-state index is 13.4. The Bertz CT molecular complexity index is 1750. The van der Waals surface area contributed by atoms with E-state index in [0.29, 0.717) is 39.8 Å². The quantitative estimate of drug-likeness (QED) is 0.196. The second-order valence-electron chi connectivity index (χ2n) is 10.5. The second kappa shape index (κ2) is 10.7. The fourth-order valence-corrected chi connectivity index (χ4v) is 4.82. The van der Waals surface area contributed by atoms with Gasteiger partial charge in [-0.2, -0.15) is 18.2 Å². The molecule has 1 aliphatic carbocycles. The van der Waals surface area contributed by atoms with Crippen molar-refractivity contribution in [2.45, 2.75) is 57.9 Å². The average Bonchev–Trinajstić information content (AvgIpc) is 3.72. The van der Waals surface area contributed by atoms with Crippen LogP contribution < -0.4 is 9.47 Å². The van der Waals surface area contributed by atoms with Crippen molar-refractivity contribution in [2.75, 3.05) is 7.11 Å². The van der Waals surface area contributed by atoms with Gasteiger partial charge in [0, 0.05) is 29.9 Å². The minimum atomic E-state index is -4.53. The topological polar surface area (TPSA) is 101 Å². The van der Waals surface area contributed by atoms with Crippen molar-refractivity contribution in [2.24, 2.45) is 0 Å². The van der Waals surface area contributed by atoms with Crippen molar-refractivity contribution in [3.63, 3.8) is 0 Å². The SMILES string of the molecule is COc1ncnc(C2CC2)c1-c1nc(OC(C)c2ccc(-c3nc(C(F)(F)F)cn3C(C)C)cc2)c2ncccc2n1. The fourth-order valence-electron chi connectivity index (χ4n) is 4.82. The fraction of sp³-hybridized carbons (Fsp3) is 0.333. The van der Waals surface area contributed by atoms with Crippen molar-refractivity contribution in [1.82, 2.24) is 34.5 Å². The van der Waals surface area contributed by atoms with Gasteiger partial charge in [0.1, 0.15) is 23.8 Å². The molecule has 4 heterocycles. The molecule has 0 N–H and O–H groups in total. The maximum Gasteiger partial charge on any atom is 0.434 e. The largest absolute Gasteiger partial charge is 0.480 e. The Kier molecular flexibility index (Phi) is 6.99. The summed E-state index contributed by atoms with van der Waals surface area (Å²) in [5.74, 6) is 1.60. The highest BCUT2D eigenvalue weighted by Crippen LogP contribution is 2.45. The third-order valence-corrected chi connectivity index (χ3v) is 7.15. The molecule has 216 valence electrons. The number of hydrogen-bond acceptors (Lipinski definition) is 8. The van der Waals surface area contributed by atoms with E-state index in [0.717, 1.165) is 30.3 Å². The van der Waals surface area contributed by atoms with Gasteiger partial charge in [0.2, 0.25) is 11.8 Å². The number of nitrogens with zero attached hydrogens (tertiary/aromatic N) is 7. The highest BCUT2D eigenvalue weighted by molar-refractivity contribution is 5.82. The minimum Gasteiger partial charge on any atom is -0.480 e. The minimum absolute atomic E-state index is 0.202. The standard InChI is InChI=1S/C30H28F3N7O2/c1-16(2)40-14-22(30(31,32)33)38-27(40)20-11-7-18(8-12-20)17(3)42-29-25-21(6-5-13-34-25)37-26(39-29)23-24(19-9-10-19)35-15-36-28(23)41-4/h5-8,11-17,19H,9-10H2,1-4H3. The van der Waals surface area contributed by atoms with Crippen LogP contribution in [-0.2, 0) is 6.18 Å².